The van der Waals surface area contributed by atoms with E-state index in [2.05, 4.69) is 10.3 Å². The van der Waals surface area contributed by atoms with Crippen LogP contribution in [0, 0.1) is 6.92 Å². The van der Waals surface area contributed by atoms with Gasteiger partial charge >= 0.3 is 0 Å². The van der Waals surface area contributed by atoms with Crippen LogP contribution in [0.1, 0.15) is 23.0 Å². The van der Waals surface area contributed by atoms with Crippen LogP contribution in [0.5, 0.6) is 0 Å². The number of carbonyl (C=O) groups excluding carboxylic acids is 1. The number of nitrogens with one attached hydrogen (secondary N) is 2. The maximum Gasteiger partial charge on any atom is 0.253 e. The zero-order valence-electron chi connectivity index (χ0n) is 9.95. The minimum absolute atomic E-state index is 0.152. The number of hydrogen-bond acceptors (Lipinski definition) is 2. The second-order valence-electron chi connectivity index (χ2n) is 4.23. The van der Waals surface area contributed by atoms with Crippen LogP contribution in [0.2, 0.25) is 0 Å². The van der Waals surface area contributed by atoms with E-state index in [1.54, 1.807) is 6.92 Å². The van der Waals surface area contributed by atoms with Gasteiger partial charge in [0.25, 0.3) is 5.91 Å². The molecule has 90 valence electrons. The summed E-state index contributed by atoms with van der Waals surface area (Å²) in [5, 5.41) is 12.8. The number of aliphatic hydroxyl groups excluding tert-OH is 1. The molecule has 0 fully saturated rings. The number of aryl methyl sites for hydroxylation is 1. The van der Waals surface area contributed by atoms with E-state index in [9.17, 15) is 4.79 Å². The number of aromatic amines is 1. The van der Waals surface area contributed by atoms with E-state index >= 15 is 0 Å². The summed E-state index contributed by atoms with van der Waals surface area (Å²) in [5.74, 6) is -0.152. The number of H-pyrrole nitrogens is 1. The fourth-order valence-corrected chi connectivity index (χ4v) is 1.90. The first kappa shape index (κ1) is 11.7. The molecule has 1 atom stereocenters. The fraction of sp³-hybridized carbons (Fsp3) is 0.308. The monoisotopic (exact) mass is 232 g/mol. The highest BCUT2D eigenvalue weighted by Crippen LogP contribution is 2.21. The van der Waals surface area contributed by atoms with E-state index in [0.29, 0.717) is 5.56 Å². The zero-order chi connectivity index (χ0) is 12.4. The first-order valence-electron chi connectivity index (χ1n) is 5.63. The average Bonchev–Trinajstić information content (AvgIpc) is 2.61. The Morgan fingerprint density at radius 2 is 2.18 bits per heavy atom. The van der Waals surface area contributed by atoms with Crippen molar-refractivity contribution in [2.75, 3.05) is 6.54 Å². The van der Waals surface area contributed by atoms with Gasteiger partial charge in [0.05, 0.1) is 11.7 Å². The van der Waals surface area contributed by atoms with Crippen LogP contribution in [0.25, 0.3) is 10.9 Å². The van der Waals surface area contributed by atoms with Gasteiger partial charge in [-0.25, -0.2) is 0 Å². The Kier molecular flexibility index (Phi) is 3.15. The number of benzene rings is 1. The molecule has 17 heavy (non-hydrogen) atoms. The summed E-state index contributed by atoms with van der Waals surface area (Å²) in [4.78, 5) is 15.2. The Morgan fingerprint density at radius 3 is 2.88 bits per heavy atom. The van der Waals surface area contributed by atoms with Crippen molar-refractivity contribution >= 4 is 16.8 Å². The number of amides is 1. The normalized spacial score (nSPS) is 12.6. The molecule has 1 aromatic heterocycles. The largest absolute Gasteiger partial charge is 0.392 e. The molecule has 2 aromatic rings. The van der Waals surface area contributed by atoms with Crippen molar-refractivity contribution in [3.8, 4) is 0 Å². The molecule has 0 bridgehead atoms. The van der Waals surface area contributed by atoms with Crippen molar-refractivity contribution in [1.29, 1.82) is 0 Å². The molecule has 2 rings (SSSR count). The lowest BCUT2D eigenvalue weighted by Gasteiger charge is -2.07. The second kappa shape index (κ2) is 4.59. The quantitative estimate of drug-likeness (QED) is 0.752. The fourth-order valence-electron chi connectivity index (χ4n) is 1.90. The van der Waals surface area contributed by atoms with Gasteiger partial charge in [-0.1, -0.05) is 18.2 Å². The Labute approximate surface area is 99.7 Å². The van der Waals surface area contributed by atoms with Crippen LogP contribution in [0.4, 0.5) is 0 Å². The number of para-hydroxylation sites is 1. The molecule has 0 radical (unpaired) electrons. The standard InChI is InChI=1S/C13H16N2O2/c1-8(16)7-14-13(17)12-9(2)15-11-6-4-3-5-10(11)12/h3-6,8,15-16H,7H2,1-2H3,(H,14,17). The lowest BCUT2D eigenvalue weighted by Crippen LogP contribution is -2.30. The van der Waals surface area contributed by atoms with Crippen LogP contribution < -0.4 is 5.32 Å². The molecule has 0 aliphatic rings. The van der Waals surface area contributed by atoms with Crippen molar-refractivity contribution in [3.05, 3.63) is 35.5 Å². The van der Waals surface area contributed by atoms with Crippen LogP contribution in [0.15, 0.2) is 24.3 Å². The third kappa shape index (κ3) is 2.31. The van der Waals surface area contributed by atoms with Crippen molar-refractivity contribution in [2.45, 2.75) is 20.0 Å². The average molecular weight is 232 g/mol. The summed E-state index contributed by atoms with van der Waals surface area (Å²) in [5.41, 5.74) is 2.45. The van der Waals surface area contributed by atoms with Crippen molar-refractivity contribution in [1.82, 2.24) is 10.3 Å². The van der Waals surface area contributed by atoms with E-state index in [4.69, 9.17) is 5.11 Å². The lowest BCUT2D eigenvalue weighted by molar-refractivity contribution is 0.0925. The SMILES string of the molecule is Cc1[nH]c2ccccc2c1C(=O)NCC(C)O. The topological polar surface area (TPSA) is 65.1 Å². The Balaban J connectivity index is 2.34. The second-order valence-corrected chi connectivity index (χ2v) is 4.23. The van der Waals surface area contributed by atoms with Gasteiger partial charge in [0, 0.05) is 23.1 Å². The predicted molar refractivity (Wildman–Crippen MR) is 67.0 cm³/mol. The molecule has 0 aliphatic carbocycles. The van der Waals surface area contributed by atoms with Crippen LogP contribution in [0.3, 0.4) is 0 Å². The third-order valence-electron chi connectivity index (χ3n) is 2.68. The van der Waals surface area contributed by atoms with Crippen LogP contribution in [-0.4, -0.2) is 28.6 Å². The number of aromatic nitrogens is 1. The molecule has 0 saturated carbocycles. The van der Waals surface area contributed by atoms with E-state index < -0.39 is 6.10 Å². The molecule has 0 aliphatic heterocycles. The summed E-state index contributed by atoms with van der Waals surface area (Å²) in [7, 11) is 0. The number of fused-ring (bicyclic) bond motifs is 1. The first-order chi connectivity index (χ1) is 8.09. The number of hydrogen-bond donors (Lipinski definition) is 3. The number of aliphatic hydroxyl groups is 1. The Hall–Kier alpha value is -1.81. The molecule has 0 saturated heterocycles. The summed E-state index contributed by atoms with van der Waals surface area (Å²) < 4.78 is 0. The predicted octanol–water partition coefficient (Wildman–Crippen LogP) is 1.59. The van der Waals surface area contributed by atoms with Gasteiger partial charge in [-0.05, 0) is 19.9 Å². The number of rotatable bonds is 3. The molecule has 1 unspecified atom stereocenters. The Morgan fingerprint density at radius 1 is 1.47 bits per heavy atom. The van der Waals surface area contributed by atoms with Gasteiger partial charge in [-0.15, -0.1) is 0 Å². The molecular weight excluding hydrogens is 216 g/mol. The zero-order valence-corrected chi connectivity index (χ0v) is 9.95. The molecule has 3 N–H and O–H groups in total. The van der Waals surface area contributed by atoms with E-state index in [0.717, 1.165) is 16.6 Å². The lowest BCUT2D eigenvalue weighted by atomic mass is 10.1. The molecule has 4 nitrogen and oxygen atoms in total. The van der Waals surface area contributed by atoms with Gasteiger partial charge < -0.3 is 15.4 Å². The van der Waals surface area contributed by atoms with Crippen molar-refractivity contribution < 1.29 is 9.90 Å². The van der Waals surface area contributed by atoms with Gasteiger partial charge in [0.2, 0.25) is 0 Å². The highest BCUT2D eigenvalue weighted by atomic mass is 16.3. The van der Waals surface area contributed by atoms with Crippen LogP contribution >= 0.6 is 0 Å². The van der Waals surface area contributed by atoms with Crippen LogP contribution in [-0.2, 0) is 0 Å². The summed E-state index contributed by atoms with van der Waals surface area (Å²) in [6.07, 6.45) is -0.538. The van der Waals surface area contributed by atoms with Gasteiger partial charge in [-0.3, -0.25) is 4.79 Å². The summed E-state index contributed by atoms with van der Waals surface area (Å²) >= 11 is 0. The van der Waals surface area contributed by atoms with Gasteiger partial charge in [0.15, 0.2) is 0 Å². The smallest absolute Gasteiger partial charge is 0.253 e. The van der Waals surface area contributed by atoms with E-state index in [-0.39, 0.29) is 12.5 Å². The first-order valence-corrected chi connectivity index (χ1v) is 5.63. The highest BCUT2D eigenvalue weighted by Gasteiger charge is 2.15. The minimum atomic E-state index is -0.538. The Bertz CT molecular complexity index is 543. The van der Waals surface area contributed by atoms with Gasteiger partial charge in [0.1, 0.15) is 0 Å². The maximum atomic E-state index is 12.0. The van der Waals surface area contributed by atoms with Gasteiger partial charge in [-0.2, -0.15) is 0 Å². The number of carbonyl (C=O) groups is 1. The highest BCUT2D eigenvalue weighted by molar-refractivity contribution is 6.08. The van der Waals surface area contributed by atoms with E-state index in [1.165, 1.54) is 0 Å². The molecule has 1 heterocycles. The van der Waals surface area contributed by atoms with Crippen molar-refractivity contribution in [2.24, 2.45) is 0 Å². The van der Waals surface area contributed by atoms with Crippen molar-refractivity contribution in [3.63, 3.8) is 0 Å². The molecule has 1 amide bonds. The summed E-state index contributed by atoms with van der Waals surface area (Å²) in [6.45, 7) is 3.78. The molecular formula is C13H16N2O2. The summed E-state index contributed by atoms with van der Waals surface area (Å²) in [6, 6.07) is 7.68. The van der Waals surface area contributed by atoms with E-state index in [1.807, 2.05) is 31.2 Å². The third-order valence-corrected chi connectivity index (χ3v) is 2.68. The molecule has 4 heteroatoms. The maximum absolute atomic E-state index is 12.0. The molecule has 0 spiro atoms. The minimum Gasteiger partial charge on any atom is -0.392 e. The molecule has 1 aromatic carbocycles.